The average Bonchev–Trinajstić information content (AvgIpc) is 2.48. The highest BCUT2D eigenvalue weighted by Gasteiger charge is 2.43. The maximum Gasteiger partial charge on any atom is 0.337 e. The van der Waals surface area contributed by atoms with Gasteiger partial charge in [0.1, 0.15) is 0 Å². The van der Waals surface area contributed by atoms with Gasteiger partial charge in [-0.2, -0.15) is 0 Å². The molecular weight excluding hydrogens is 270 g/mol. The van der Waals surface area contributed by atoms with Gasteiger partial charge in [-0.05, 0) is 31.2 Å². The number of rotatable bonds is 9. The summed E-state index contributed by atoms with van der Waals surface area (Å²) in [6.07, 6.45) is 2.81. The summed E-state index contributed by atoms with van der Waals surface area (Å²) in [6.45, 7) is 2.17. The summed E-state index contributed by atoms with van der Waals surface area (Å²) in [4.78, 5) is 23.2. The van der Waals surface area contributed by atoms with Crippen molar-refractivity contribution in [1.29, 1.82) is 0 Å². The predicted molar refractivity (Wildman–Crippen MR) is 79.8 cm³/mol. The Morgan fingerprint density at radius 1 is 1.24 bits per heavy atom. The molecule has 0 aromatic heterocycles. The number of aryl methyl sites for hydroxylation is 1. The minimum absolute atomic E-state index is 0.0577. The molecule has 1 rings (SSSR count). The van der Waals surface area contributed by atoms with Gasteiger partial charge in [-0.15, -0.1) is 0 Å². The Balaban J connectivity index is 2.55. The lowest BCUT2D eigenvalue weighted by Gasteiger charge is -2.22. The molecule has 0 fully saturated rings. The van der Waals surface area contributed by atoms with E-state index in [0.717, 1.165) is 12.0 Å². The van der Waals surface area contributed by atoms with Crippen LogP contribution in [0.25, 0.3) is 0 Å². The molecule has 5 heteroatoms. The summed E-state index contributed by atoms with van der Waals surface area (Å²) in [5.41, 5.74) is 4.89. The maximum atomic E-state index is 11.9. The van der Waals surface area contributed by atoms with Crippen molar-refractivity contribution < 1.29 is 19.4 Å². The van der Waals surface area contributed by atoms with Gasteiger partial charge in [-0.3, -0.25) is 0 Å². The molecule has 0 amide bonds. The maximum absolute atomic E-state index is 11.9. The molecule has 0 saturated carbocycles. The van der Waals surface area contributed by atoms with Crippen LogP contribution in [0.1, 0.15) is 38.2 Å². The standard InChI is InChI=1S/C16H23NO4/c1-2-3-12-21-15(20)16(17,14(18)19)11-7-10-13-8-5-4-6-9-13/h4-6,8-9H,2-3,7,10-12,17H2,1H3,(H,18,19). The van der Waals surface area contributed by atoms with Crippen molar-refractivity contribution in [3.05, 3.63) is 35.9 Å². The van der Waals surface area contributed by atoms with Gasteiger partial charge in [0.25, 0.3) is 0 Å². The number of carbonyl (C=O) groups is 2. The van der Waals surface area contributed by atoms with E-state index in [4.69, 9.17) is 10.5 Å². The highest BCUT2D eigenvalue weighted by molar-refractivity contribution is 6.03. The first kappa shape index (κ1) is 17.2. The van der Waals surface area contributed by atoms with Gasteiger partial charge in [-0.25, -0.2) is 9.59 Å². The molecule has 21 heavy (non-hydrogen) atoms. The number of ether oxygens (including phenoxy) is 1. The molecule has 0 heterocycles. The molecule has 3 N–H and O–H groups in total. The lowest BCUT2D eigenvalue weighted by Crippen LogP contribution is -2.55. The molecule has 0 aliphatic carbocycles. The zero-order valence-electron chi connectivity index (χ0n) is 12.4. The highest BCUT2D eigenvalue weighted by atomic mass is 16.5. The third-order valence-corrected chi connectivity index (χ3v) is 3.36. The molecule has 0 bridgehead atoms. The summed E-state index contributed by atoms with van der Waals surface area (Å²) in [5.74, 6) is -2.19. The first-order chi connectivity index (χ1) is 10.0. The van der Waals surface area contributed by atoms with E-state index in [2.05, 4.69) is 0 Å². The second-order valence-corrected chi connectivity index (χ2v) is 5.11. The zero-order chi connectivity index (χ0) is 15.7. The Labute approximate surface area is 125 Å². The molecule has 1 atom stereocenters. The van der Waals surface area contributed by atoms with Gasteiger partial charge in [0, 0.05) is 0 Å². The molecule has 0 saturated heterocycles. The lowest BCUT2D eigenvalue weighted by molar-refractivity contribution is -0.161. The number of carbonyl (C=O) groups excluding carboxylic acids is 1. The Morgan fingerprint density at radius 3 is 2.48 bits per heavy atom. The largest absolute Gasteiger partial charge is 0.479 e. The van der Waals surface area contributed by atoms with Crippen LogP contribution in [0, 0.1) is 0 Å². The van der Waals surface area contributed by atoms with Crippen molar-refractivity contribution in [2.24, 2.45) is 5.73 Å². The smallest absolute Gasteiger partial charge is 0.337 e. The van der Waals surface area contributed by atoms with Crippen LogP contribution in [0.4, 0.5) is 0 Å². The summed E-state index contributed by atoms with van der Waals surface area (Å²) in [5, 5.41) is 9.23. The summed E-state index contributed by atoms with van der Waals surface area (Å²) in [6, 6.07) is 9.67. The van der Waals surface area contributed by atoms with E-state index in [1.807, 2.05) is 37.3 Å². The fraction of sp³-hybridized carbons (Fsp3) is 0.500. The van der Waals surface area contributed by atoms with Crippen LogP contribution >= 0.6 is 0 Å². The van der Waals surface area contributed by atoms with E-state index in [9.17, 15) is 14.7 Å². The average molecular weight is 293 g/mol. The normalized spacial score (nSPS) is 13.4. The van der Waals surface area contributed by atoms with Gasteiger partial charge < -0.3 is 15.6 Å². The first-order valence-electron chi connectivity index (χ1n) is 7.24. The van der Waals surface area contributed by atoms with E-state index in [1.165, 1.54) is 0 Å². The Bertz CT molecular complexity index is 461. The number of hydrogen-bond donors (Lipinski definition) is 2. The van der Waals surface area contributed by atoms with E-state index in [1.54, 1.807) is 0 Å². The molecule has 0 aliphatic rings. The number of benzene rings is 1. The van der Waals surface area contributed by atoms with E-state index in [0.29, 0.717) is 19.3 Å². The summed E-state index contributed by atoms with van der Waals surface area (Å²) >= 11 is 0. The van der Waals surface area contributed by atoms with Crippen molar-refractivity contribution in [2.75, 3.05) is 6.61 Å². The topological polar surface area (TPSA) is 89.6 Å². The number of unbranched alkanes of at least 4 members (excludes halogenated alkanes) is 1. The summed E-state index contributed by atoms with van der Waals surface area (Å²) in [7, 11) is 0. The molecule has 1 aromatic carbocycles. The fourth-order valence-electron chi connectivity index (χ4n) is 1.95. The van der Waals surface area contributed by atoms with Crippen molar-refractivity contribution >= 4 is 11.9 Å². The van der Waals surface area contributed by atoms with Crippen LogP contribution in [0.2, 0.25) is 0 Å². The number of aliphatic carboxylic acids is 1. The van der Waals surface area contributed by atoms with Gasteiger partial charge in [-0.1, -0.05) is 43.7 Å². The molecule has 1 aromatic rings. The van der Waals surface area contributed by atoms with Crippen molar-refractivity contribution in [1.82, 2.24) is 0 Å². The Kier molecular flexibility index (Phi) is 6.88. The molecule has 0 spiro atoms. The Hall–Kier alpha value is -1.88. The number of carboxylic acid groups (broad SMARTS) is 1. The van der Waals surface area contributed by atoms with Crippen LogP contribution in [0.3, 0.4) is 0 Å². The van der Waals surface area contributed by atoms with Gasteiger partial charge >= 0.3 is 11.9 Å². The minimum Gasteiger partial charge on any atom is -0.479 e. The van der Waals surface area contributed by atoms with Gasteiger partial charge in [0.15, 0.2) is 0 Å². The second kappa shape index (κ2) is 8.42. The van der Waals surface area contributed by atoms with Crippen molar-refractivity contribution in [3.63, 3.8) is 0 Å². The molecule has 5 nitrogen and oxygen atoms in total. The second-order valence-electron chi connectivity index (χ2n) is 5.11. The van der Waals surface area contributed by atoms with E-state index < -0.39 is 17.5 Å². The van der Waals surface area contributed by atoms with Crippen LogP contribution in [0.15, 0.2) is 30.3 Å². The monoisotopic (exact) mass is 293 g/mol. The number of hydrogen-bond acceptors (Lipinski definition) is 4. The first-order valence-corrected chi connectivity index (χ1v) is 7.24. The van der Waals surface area contributed by atoms with Crippen molar-refractivity contribution in [3.8, 4) is 0 Å². The third-order valence-electron chi connectivity index (χ3n) is 3.36. The van der Waals surface area contributed by atoms with E-state index >= 15 is 0 Å². The minimum atomic E-state index is -1.96. The lowest BCUT2D eigenvalue weighted by atomic mass is 9.92. The third kappa shape index (κ3) is 5.19. The van der Waals surface area contributed by atoms with Crippen LogP contribution < -0.4 is 5.73 Å². The van der Waals surface area contributed by atoms with Crippen LogP contribution in [-0.2, 0) is 20.7 Å². The van der Waals surface area contributed by atoms with Crippen molar-refractivity contribution in [2.45, 2.75) is 44.6 Å². The van der Waals surface area contributed by atoms with Crippen LogP contribution in [-0.4, -0.2) is 29.2 Å². The van der Waals surface area contributed by atoms with E-state index in [-0.39, 0.29) is 13.0 Å². The molecular formula is C16H23NO4. The predicted octanol–water partition coefficient (Wildman–Crippen LogP) is 2.13. The summed E-state index contributed by atoms with van der Waals surface area (Å²) < 4.78 is 4.97. The number of nitrogens with two attached hydrogens (primary N) is 1. The fourth-order valence-corrected chi connectivity index (χ4v) is 1.95. The number of esters is 1. The van der Waals surface area contributed by atoms with Gasteiger partial charge in [0.05, 0.1) is 6.61 Å². The molecule has 0 aliphatic heterocycles. The number of carboxylic acids is 1. The SMILES string of the molecule is CCCCOC(=O)C(N)(CCCc1ccccc1)C(=O)O. The van der Waals surface area contributed by atoms with Crippen LogP contribution in [0.5, 0.6) is 0 Å². The highest BCUT2D eigenvalue weighted by Crippen LogP contribution is 2.16. The molecule has 116 valence electrons. The Morgan fingerprint density at radius 2 is 1.90 bits per heavy atom. The molecule has 1 unspecified atom stereocenters. The molecule has 0 radical (unpaired) electrons. The zero-order valence-corrected chi connectivity index (χ0v) is 12.4. The quantitative estimate of drug-likeness (QED) is 0.413. The van der Waals surface area contributed by atoms with Gasteiger partial charge in [0.2, 0.25) is 5.54 Å².